The van der Waals surface area contributed by atoms with Crippen molar-refractivity contribution in [3.63, 3.8) is 0 Å². The van der Waals surface area contributed by atoms with E-state index in [-0.39, 0.29) is 24.2 Å². The first-order valence-corrected chi connectivity index (χ1v) is 8.01. The first-order chi connectivity index (χ1) is 10.5. The summed E-state index contributed by atoms with van der Waals surface area (Å²) >= 11 is 0.947. The van der Waals surface area contributed by atoms with Gasteiger partial charge >= 0.3 is 0 Å². The van der Waals surface area contributed by atoms with Gasteiger partial charge in [-0.25, -0.2) is 0 Å². The van der Waals surface area contributed by atoms with E-state index in [0.29, 0.717) is 17.4 Å². The van der Waals surface area contributed by atoms with Crippen LogP contribution >= 0.6 is 11.8 Å². The van der Waals surface area contributed by atoms with Crippen LogP contribution in [0.1, 0.15) is 19.4 Å². The quantitative estimate of drug-likeness (QED) is 0.816. The molecule has 1 fully saturated rings. The zero-order valence-corrected chi connectivity index (χ0v) is 13.6. The number of nitrogens with two attached hydrogens (primary N) is 1. The van der Waals surface area contributed by atoms with Gasteiger partial charge in [-0.3, -0.25) is 14.5 Å². The van der Waals surface area contributed by atoms with Crippen molar-refractivity contribution in [1.82, 2.24) is 4.90 Å². The second-order valence-corrected chi connectivity index (χ2v) is 6.39. The summed E-state index contributed by atoms with van der Waals surface area (Å²) < 4.78 is 5.61. The van der Waals surface area contributed by atoms with Crippen molar-refractivity contribution in [3.8, 4) is 5.75 Å². The van der Waals surface area contributed by atoms with Gasteiger partial charge < -0.3 is 10.5 Å². The molecule has 2 amide bonds. The van der Waals surface area contributed by atoms with Gasteiger partial charge in [0.1, 0.15) is 5.75 Å². The van der Waals surface area contributed by atoms with Crippen LogP contribution in [0.15, 0.2) is 29.2 Å². The van der Waals surface area contributed by atoms with Crippen LogP contribution in [0.3, 0.4) is 0 Å². The first-order valence-electron chi connectivity index (χ1n) is 7.19. The van der Waals surface area contributed by atoms with E-state index in [0.717, 1.165) is 23.1 Å². The van der Waals surface area contributed by atoms with Gasteiger partial charge in [0.2, 0.25) is 0 Å². The number of amides is 2. The average molecular weight is 320 g/mol. The third kappa shape index (κ3) is 4.11. The monoisotopic (exact) mass is 320 g/mol. The summed E-state index contributed by atoms with van der Waals surface area (Å²) in [5.41, 5.74) is 6.26. The fraction of sp³-hybridized carbons (Fsp3) is 0.375. The minimum Gasteiger partial charge on any atom is -0.493 e. The normalized spacial score (nSPS) is 16.9. The molecule has 0 atom stereocenters. The third-order valence-electron chi connectivity index (χ3n) is 2.99. The van der Waals surface area contributed by atoms with Crippen LogP contribution in [-0.2, 0) is 4.79 Å². The summed E-state index contributed by atoms with van der Waals surface area (Å²) in [6, 6.07) is 7.45. The largest absolute Gasteiger partial charge is 0.493 e. The highest BCUT2D eigenvalue weighted by molar-refractivity contribution is 8.18. The molecule has 1 aliphatic rings. The molecule has 6 heteroatoms. The lowest BCUT2D eigenvalue weighted by Gasteiger charge is -2.09. The van der Waals surface area contributed by atoms with Crippen molar-refractivity contribution in [1.29, 1.82) is 0 Å². The Kier molecular flexibility index (Phi) is 5.63. The Morgan fingerprint density at radius 1 is 1.27 bits per heavy atom. The number of benzene rings is 1. The number of hydrogen-bond acceptors (Lipinski definition) is 5. The van der Waals surface area contributed by atoms with Crippen molar-refractivity contribution in [2.75, 3.05) is 19.7 Å². The Morgan fingerprint density at radius 3 is 2.55 bits per heavy atom. The van der Waals surface area contributed by atoms with Crippen LogP contribution in [0.25, 0.3) is 6.08 Å². The van der Waals surface area contributed by atoms with E-state index in [1.54, 1.807) is 6.08 Å². The molecular formula is C16H20N2O3S. The van der Waals surface area contributed by atoms with Gasteiger partial charge in [-0.15, -0.1) is 0 Å². The van der Waals surface area contributed by atoms with Gasteiger partial charge in [0.25, 0.3) is 11.1 Å². The fourth-order valence-electron chi connectivity index (χ4n) is 1.90. The van der Waals surface area contributed by atoms with E-state index >= 15 is 0 Å². The number of carbonyl (C=O) groups excluding carboxylic acids is 2. The van der Waals surface area contributed by atoms with Gasteiger partial charge in [-0.2, -0.15) is 0 Å². The molecule has 1 aromatic rings. The Morgan fingerprint density at radius 2 is 1.95 bits per heavy atom. The van der Waals surface area contributed by atoms with E-state index < -0.39 is 0 Å². The van der Waals surface area contributed by atoms with Crippen molar-refractivity contribution >= 4 is 29.0 Å². The summed E-state index contributed by atoms with van der Waals surface area (Å²) in [6.07, 6.45) is 1.72. The number of hydrogen-bond donors (Lipinski definition) is 1. The Labute approximate surface area is 134 Å². The molecule has 0 aromatic heterocycles. The highest BCUT2D eigenvalue weighted by atomic mass is 32.2. The summed E-state index contributed by atoms with van der Waals surface area (Å²) in [5, 5.41) is -0.265. The molecule has 5 nitrogen and oxygen atoms in total. The number of imide groups is 1. The van der Waals surface area contributed by atoms with Gasteiger partial charge in [0.15, 0.2) is 0 Å². The van der Waals surface area contributed by atoms with Crippen molar-refractivity contribution in [2.24, 2.45) is 11.7 Å². The van der Waals surface area contributed by atoms with Crippen LogP contribution < -0.4 is 10.5 Å². The molecule has 118 valence electrons. The molecule has 0 saturated carbocycles. The molecule has 22 heavy (non-hydrogen) atoms. The van der Waals surface area contributed by atoms with Crippen molar-refractivity contribution in [2.45, 2.75) is 13.8 Å². The SMILES string of the molecule is CC(C)COc1ccc(/C=C2/SC(=O)N(CCN)C2=O)cc1. The Hall–Kier alpha value is -1.79. The van der Waals surface area contributed by atoms with Crippen molar-refractivity contribution in [3.05, 3.63) is 34.7 Å². The maximum absolute atomic E-state index is 12.1. The fourth-order valence-corrected chi connectivity index (χ4v) is 2.76. The molecule has 1 aliphatic heterocycles. The molecule has 0 radical (unpaired) electrons. The summed E-state index contributed by atoms with van der Waals surface area (Å²) in [4.78, 5) is 25.4. The molecule has 1 aromatic carbocycles. The third-order valence-corrected chi connectivity index (χ3v) is 3.89. The van der Waals surface area contributed by atoms with Gasteiger partial charge in [0, 0.05) is 13.1 Å². The Bertz CT molecular complexity index is 582. The molecule has 2 N–H and O–H groups in total. The molecular weight excluding hydrogens is 300 g/mol. The minimum atomic E-state index is -0.277. The van der Waals surface area contributed by atoms with Crippen LogP contribution in [0.4, 0.5) is 4.79 Å². The van der Waals surface area contributed by atoms with Crippen LogP contribution in [0.2, 0.25) is 0 Å². The number of ether oxygens (including phenoxy) is 1. The van der Waals surface area contributed by atoms with Gasteiger partial charge in [0.05, 0.1) is 11.5 Å². The van der Waals surface area contributed by atoms with Crippen LogP contribution in [0.5, 0.6) is 5.75 Å². The van der Waals surface area contributed by atoms with Gasteiger partial charge in [-0.1, -0.05) is 26.0 Å². The molecule has 1 heterocycles. The second kappa shape index (κ2) is 7.47. The molecule has 0 unspecified atom stereocenters. The minimum absolute atomic E-state index is 0.254. The molecule has 0 spiro atoms. The van der Waals surface area contributed by atoms with E-state index in [9.17, 15) is 9.59 Å². The maximum Gasteiger partial charge on any atom is 0.293 e. The van der Waals surface area contributed by atoms with Crippen molar-refractivity contribution < 1.29 is 14.3 Å². The highest BCUT2D eigenvalue weighted by Crippen LogP contribution is 2.32. The second-order valence-electron chi connectivity index (χ2n) is 5.40. The van der Waals surface area contributed by atoms with E-state index in [1.807, 2.05) is 24.3 Å². The zero-order valence-electron chi connectivity index (χ0n) is 12.7. The smallest absolute Gasteiger partial charge is 0.293 e. The first kappa shape index (κ1) is 16.6. The van der Waals surface area contributed by atoms with Crippen LogP contribution in [0, 0.1) is 5.92 Å². The van der Waals surface area contributed by atoms with E-state index in [4.69, 9.17) is 10.5 Å². The zero-order chi connectivity index (χ0) is 16.1. The lowest BCUT2D eigenvalue weighted by atomic mass is 10.2. The van der Waals surface area contributed by atoms with Gasteiger partial charge in [-0.05, 0) is 41.5 Å². The number of carbonyl (C=O) groups is 2. The lowest BCUT2D eigenvalue weighted by Crippen LogP contribution is -2.33. The lowest BCUT2D eigenvalue weighted by molar-refractivity contribution is -0.122. The summed E-state index contributed by atoms with van der Waals surface area (Å²) in [6.45, 7) is 5.37. The Balaban J connectivity index is 2.06. The average Bonchev–Trinajstić information content (AvgIpc) is 2.74. The highest BCUT2D eigenvalue weighted by Gasteiger charge is 2.34. The van der Waals surface area contributed by atoms with Crippen LogP contribution in [-0.4, -0.2) is 35.7 Å². The van der Waals surface area contributed by atoms with E-state index in [1.165, 1.54) is 4.90 Å². The molecule has 1 saturated heterocycles. The standard InChI is InChI=1S/C16H20N2O3S/c1-11(2)10-21-13-5-3-12(4-6-13)9-14-15(19)18(8-7-17)16(20)22-14/h3-6,9,11H,7-8,10,17H2,1-2H3/b14-9+. The predicted molar refractivity (Wildman–Crippen MR) is 88.5 cm³/mol. The van der Waals surface area contributed by atoms with E-state index in [2.05, 4.69) is 13.8 Å². The molecule has 2 rings (SSSR count). The topological polar surface area (TPSA) is 72.6 Å². The summed E-state index contributed by atoms with van der Waals surface area (Å²) in [5.74, 6) is 0.983. The maximum atomic E-state index is 12.1. The number of rotatable bonds is 6. The number of nitrogens with zero attached hydrogens (tertiary/aromatic N) is 1. The number of thioether (sulfide) groups is 1. The predicted octanol–water partition coefficient (Wildman–Crippen LogP) is 2.72. The summed E-state index contributed by atoms with van der Waals surface area (Å²) in [7, 11) is 0. The molecule has 0 bridgehead atoms. The molecule has 0 aliphatic carbocycles.